The Hall–Kier alpha value is -1.06. The average molecular weight is 248 g/mol. The first-order valence-corrected chi connectivity index (χ1v) is 6.90. The minimum Gasteiger partial charge on any atom is -0.399 e. The summed E-state index contributed by atoms with van der Waals surface area (Å²) in [6.07, 6.45) is 3.18. The van der Waals surface area contributed by atoms with E-state index in [0.29, 0.717) is 5.92 Å². The second kappa shape index (κ2) is 6.21. The van der Waals surface area contributed by atoms with Gasteiger partial charge >= 0.3 is 0 Å². The number of nitrogens with two attached hydrogens (primary N) is 1. The summed E-state index contributed by atoms with van der Waals surface area (Å²) in [5, 5.41) is 9.57. The lowest BCUT2D eigenvalue weighted by Gasteiger charge is -2.33. The first-order valence-electron chi connectivity index (χ1n) is 6.90. The van der Waals surface area contributed by atoms with Crippen LogP contribution < -0.4 is 5.73 Å². The molecule has 100 valence electrons. The SMILES string of the molecule is CC(O)C1CCN(CCc2ccc(N)cc2)CC1. The van der Waals surface area contributed by atoms with Gasteiger partial charge in [0.15, 0.2) is 0 Å². The Morgan fingerprint density at radius 1 is 1.28 bits per heavy atom. The van der Waals surface area contributed by atoms with E-state index in [1.165, 1.54) is 5.56 Å². The van der Waals surface area contributed by atoms with Crippen LogP contribution in [0.2, 0.25) is 0 Å². The van der Waals surface area contributed by atoms with Crippen LogP contribution in [0.15, 0.2) is 24.3 Å². The Labute approximate surface area is 110 Å². The summed E-state index contributed by atoms with van der Waals surface area (Å²) in [7, 11) is 0. The van der Waals surface area contributed by atoms with E-state index in [1.807, 2.05) is 19.1 Å². The quantitative estimate of drug-likeness (QED) is 0.800. The highest BCUT2D eigenvalue weighted by atomic mass is 16.3. The smallest absolute Gasteiger partial charge is 0.0541 e. The van der Waals surface area contributed by atoms with Gasteiger partial charge in [0.05, 0.1) is 6.10 Å². The number of piperidine rings is 1. The largest absolute Gasteiger partial charge is 0.399 e. The van der Waals surface area contributed by atoms with Crippen molar-refractivity contribution in [2.75, 3.05) is 25.4 Å². The van der Waals surface area contributed by atoms with Crippen LogP contribution in [0.4, 0.5) is 5.69 Å². The Kier molecular flexibility index (Phi) is 4.61. The molecule has 18 heavy (non-hydrogen) atoms. The molecule has 0 amide bonds. The van der Waals surface area contributed by atoms with Gasteiger partial charge in [0.1, 0.15) is 0 Å². The first-order chi connectivity index (χ1) is 8.65. The highest BCUT2D eigenvalue weighted by molar-refractivity contribution is 5.39. The Morgan fingerprint density at radius 2 is 1.89 bits per heavy atom. The van der Waals surface area contributed by atoms with E-state index >= 15 is 0 Å². The molecular weight excluding hydrogens is 224 g/mol. The van der Waals surface area contributed by atoms with Gasteiger partial charge in [-0.3, -0.25) is 0 Å². The molecule has 1 aliphatic heterocycles. The van der Waals surface area contributed by atoms with Crippen LogP contribution >= 0.6 is 0 Å². The van der Waals surface area contributed by atoms with E-state index in [9.17, 15) is 5.11 Å². The Bertz CT molecular complexity index is 353. The molecule has 1 aliphatic rings. The number of benzene rings is 1. The standard InChI is InChI=1S/C15H24N2O/c1-12(18)14-7-10-17(11-8-14)9-6-13-2-4-15(16)5-3-13/h2-5,12,14,18H,6-11,16H2,1H3. The van der Waals surface area contributed by atoms with Crippen molar-refractivity contribution in [1.29, 1.82) is 0 Å². The van der Waals surface area contributed by atoms with Crippen molar-refractivity contribution in [3.8, 4) is 0 Å². The number of aliphatic hydroxyl groups excluding tert-OH is 1. The van der Waals surface area contributed by atoms with Gasteiger partial charge in [-0.25, -0.2) is 0 Å². The van der Waals surface area contributed by atoms with Gasteiger partial charge in [0, 0.05) is 12.2 Å². The molecule has 2 rings (SSSR count). The maximum absolute atomic E-state index is 9.57. The first kappa shape index (κ1) is 13.4. The molecule has 0 radical (unpaired) electrons. The highest BCUT2D eigenvalue weighted by Gasteiger charge is 2.22. The molecule has 0 bridgehead atoms. The highest BCUT2D eigenvalue weighted by Crippen LogP contribution is 2.20. The number of hydrogen-bond acceptors (Lipinski definition) is 3. The normalized spacial score (nSPS) is 19.9. The molecule has 3 N–H and O–H groups in total. The molecule has 1 saturated heterocycles. The maximum Gasteiger partial charge on any atom is 0.0541 e. The molecule has 1 fully saturated rings. The van der Waals surface area contributed by atoms with Gasteiger partial charge < -0.3 is 15.7 Å². The zero-order valence-corrected chi connectivity index (χ0v) is 11.2. The molecule has 3 heteroatoms. The zero-order valence-electron chi connectivity index (χ0n) is 11.2. The molecular formula is C15H24N2O. The number of nitrogens with zero attached hydrogens (tertiary/aromatic N) is 1. The van der Waals surface area contributed by atoms with Crippen molar-refractivity contribution in [3.05, 3.63) is 29.8 Å². The van der Waals surface area contributed by atoms with Crippen LogP contribution in [0.1, 0.15) is 25.3 Å². The Balaban J connectivity index is 1.74. The summed E-state index contributed by atoms with van der Waals surface area (Å²) >= 11 is 0. The van der Waals surface area contributed by atoms with E-state index in [4.69, 9.17) is 5.73 Å². The van der Waals surface area contributed by atoms with Gasteiger partial charge in [-0.15, -0.1) is 0 Å². The van der Waals surface area contributed by atoms with Crippen LogP contribution in [0, 0.1) is 5.92 Å². The topological polar surface area (TPSA) is 49.5 Å². The molecule has 0 saturated carbocycles. The second-order valence-electron chi connectivity index (χ2n) is 5.41. The van der Waals surface area contributed by atoms with Crippen molar-refractivity contribution in [1.82, 2.24) is 4.90 Å². The van der Waals surface area contributed by atoms with Crippen molar-refractivity contribution in [2.45, 2.75) is 32.3 Å². The monoisotopic (exact) mass is 248 g/mol. The van der Waals surface area contributed by atoms with Crippen LogP contribution in [0.25, 0.3) is 0 Å². The fraction of sp³-hybridized carbons (Fsp3) is 0.600. The zero-order chi connectivity index (χ0) is 13.0. The number of anilines is 1. The molecule has 1 aromatic carbocycles. The molecule has 1 aromatic rings. The summed E-state index contributed by atoms with van der Waals surface area (Å²) in [5.74, 6) is 0.498. The predicted octanol–water partition coefficient (Wildman–Crippen LogP) is 1.90. The van der Waals surface area contributed by atoms with Gasteiger partial charge in [-0.05, 0) is 62.9 Å². The van der Waals surface area contributed by atoms with E-state index < -0.39 is 0 Å². The lowest BCUT2D eigenvalue weighted by atomic mass is 9.92. The Morgan fingerprint density at radius 3 is 2.44 bits per heavy atom. The lowest BCUT2D eigenvalue weighted by molar-refractivity contribution is 0.0723. The number of aliphatic hydroxyl groups is 1. The van der Waals surface area contributed by atoms with Gasteiger partial charge in [0.2, 0.25) is 0 Å². The van der Waals surface area contributed by atoms with Crippen LogP contribution in [-0.2, 0) is 6.42 Å². The van der Waals surface area contributed by atoms with Gasteiger partial charge in [-0.1, -0.05) is 12.1 Å². The molecule has 1 unspecified atom stereocenters. The van der Waals surface area contributed by atoms with Crippen LogP contribution in [0.5, 0.6) is 0 Å². The van der Waals surface area contributed by atoms with Gasteiger partial charge in [0.25, 0.3) is 0 Å². The summed E-state index contributed by atoms with van der Waals surface area (Å²) < 4.78 is 0. The average Bonchev–Trinajstić information content (AvgIpc) is 2.38. The van der Waals surface area contributed by atoms with Crippen molar-refractivity contribution < 1.29 is 5.11 Å². The third kappa shape index (κ3) is 3.72. The third-order valence-corrected chi connectivity index (χ3v) is 4.01. The summed E-state index contributed by atoms with van der Waals surface area (Å²) in [5.41, 5.74) is 7.85. The summed E-state index contributed by atoms with van der Waals surface area (Å²) in [6.45, 7) is 5.25. The number of rotatable bonds is 4. The van der Waals surface area contributed by atoms with Crippen molar-refractivity contribution in [3.63, 3.8) is 0 Å². The number of hydrogen-bond donors (Lipinski definition) is 2. The number of likely N-dealkylation sites (tertiary alicyclic amines) is 1. The molecule has 1 atom stereocenters. The third-order valence-electron chi connectivity index (χ3n) is 4.01. The van der Waals surface area contributed by atoms with Gasteiger partial charge in [-0.2, -0.15) is 0 Å². The minimum atomic E-state index is -0.149. The fourth-order valence-electron chi connectivity index (χ4n) is 2.63. The molecule has 1 heterocycles. The maximum atomic E-state index is 9.57. The van der Waals surface area contributed by atoms with Crippen molar-refractivity contribution >= 4 is 5.69 Å². The lowest BCUT2D eigenvalue weighted by Crippen LogP contribution is -2.38. The van der Waals surface area contributed by atoms with E-state index in [0.717, 1.165) is 44.6 Å². The van der Waals surface area contributed by atoms with E-state index in [1.54, 1.807) is 0 Å². The number of nitrogen functional groups attached to an aromatic ring is 1. The summed E-state index contributed by atoms with van der Waals surface area (Å²) in [4.78, 5) is 2.50. The molecule has 0 aliphatic carbocycles. The van der Waals surface area contributed by atoms with Crippen LogP contribution in [0.3, 0.4) is 0 Å². The molecule has 0 spiro atoms. The molecule has 0 aromatic heterocycles. The van der Waals surface area contributed by atoms with E-state index in [2.05, 4.69) is 17.0 Å². The minimum absolute atomic E-state index is 0.149. The fourth-order valence-corrected chi connectivity index (χ4v) is 2.63. The predicted molar refractivity (Wildman–Crippen MR) is 75.4 cm³/mol. The van der Waals surface area contributed by atoms with E-state index in [-0.39, 0.29) is 6.10 Å². The van der Waals surface area contributed by atoms with Crippen molar-refractivity contribution in [2.24, 2.45) is 5.92 Å². The summed E-state index contributed by atoms with van der Waals surface area (Å²) in [6, 6.07) is 8.15. The van der Waals surface area contributed by atoms with Crippen LogP contribution in [-0.4, -0.2) is 35.7 Å². The second-order valence-corrected chi connectivity index (χ2v) is 5.41. The molecule has 3 nitrogen and oxygen atoms in total.